The van der Waals surface area contributed by atoms with E-state index in [1.54, 1.807) is 24.4 Å². The minimum Gasteiger partial charge on any atom is -0.491 e. The zero-order valence-corrected chi connectivity index (χ0v) is 14.3. The first-order chi connectivity index (χ1) is 11.6. The van der Waals surface area contributed by atoms with Gasteiger partial charge in [-0.2, -0.15) is 0 Å². The van der Waals surface area contributed by atoms with Gasteiger partial charge in [0.1, 0.15) is 18.2 Å². The van der Waals surface area contributed by atoms with Crippen LogP contribution in [-0.2, 0) is 7.05 Å². The van der Waals surface area contributed by atoms with Crippen molar-refractivity contribution in [2.75, 3.05) is 13.2 Å². The fourth-order valence-corrected chi connectivity index (χ4v) is 2.87. The van der Waals surface area contributed by atoms with E-state index in [1.165, 1.54) is 0 Å². The number of amides is 1. The van der Waals surface area contributed by atoms with Crippen LogP contribution >= 0.6 is 11.6 Å². The van der Waals surface area contributed by atoms with Crippen molar-refractivity contribution in [3.63, 3.8) is 0 Å². The Morgan fingerprint density at radius 3 is 2.96 bits per heavy atom. The van der Waals surface area contributed by atoms with E-state index in [9.17, 15) is 4.79 Å². The van der Waals surface area contributed by atoms with Gasteiger partial charge in [0.2, 0.25) is 0 Å². The molecule has 0 bridgehead atoms. The molecule has 24 heavy (non-hydrogen) atoms. The molecule has 0 aliphatic heterocycles. The van der Waals surface area contributed by atoms with Crippen molar-refractivity contribution in [3.8, 4) is 5.75 Å². The second kappa shape index (κ2) is 7.23. The summed E-state index contributed by atoms with van der Waals surface area (Å²) < 4.78 is 7.51. The summed E-state index contributed by atoms with van der Waals surface area (Å²) in [5.74, 6) is 1.54. The molecular weight excluding hydrogens is 328 g/mol. The van der Waals surface area contributed by atoms with Crippen LogP contribution in [0.1, 0.15) is 35.1 Å². The van der Waals surface area contributed by atoms with Gasteiger partial charge in [-0.05, 0) is 37.0 Å². The summed E-state index contributed by atoms with van der Waals surface area (Å²) in [4.78, 5) is 17.2. The molecule has 1 aromatic carbocycles. The first-order valence-corrected chi connectivity index (χ1v) is 8.38. The lowest BCUT2D eigenvalue weighted by atomic mass is 10.1. The van der Waals surface area contributed by atoms with Gasteiger partial charge in [-0.3, -0.25) is 4.79 Å². The van der Waals surface area contributed by atoms with Crippen molar-refractivity contribution in [1.29, 1.82) is 0 Å². The molecule has 1 aliphatic carbocycles. The molecule has 1 saturated carbocycles. The summed E-state index contributed by atoms with van der Waals surface area (Å²) >= 11 is 6.05. The van der Waals surface area contributed by atoms with Crippen LogP contribution in [-0.4, -0.2) is 28.6 Å². The van der Waals surface area contributed by atoms with Gasteiger partial charge in [0.25, 0.3) is 5.91 Å². The highest BCUT2D eigenvalue weighted by molar-refractivity contribution is 6.31. The third-order valence-corrected chi connectivity index (χ3v) is 4.31. The maximum atomic E-state index is 12.8. The second-order valence-corrected chi connectivity index (χ2v) is 6.40. The minimum absolute atomic E-state index is 0.112. The molecule has 1 fully saturated rings. The number of ether oxygens (including phenoxy) is 1. The van der Waals surface area contributed by atoms with E-state index in [1.807, 2.05) is 17.8 Å². The summed E-state index contributed by atoms with van der Waals surface area (Å²) in [6.07, 6.45) is 5.80. The SMILES string of the molecule is Cn1ccnc1[C@H](NC(=O)c1cc(Cl)ccc1OCCN)C1CC1. The quantitative estimate of drug-likeness (QED) is 0.804. The fourth-order valence-electron chi connectivity index (χ4n) is 2.69. The highest BCUT2D eigenvalue weighted by atomic mass is 35.5. The Morgan fingerprint density at radius 1 is 1.54 bits per heavy atom. The topological polar surface area (TPSA) is 82.2 Å². The van der Waals surface area contributed by atoms with Crippen LogP contribution in [0.15, 0.2) is 30.6 Å². The van der Waals surface area contributed by atoms with Crippen molar-refractivity contribution >= 4 is 17.5 Å². The average molecular weight is 349 g/mol. The number of nitrogens with zero attached hydrogens (tertiary/aromatic N) is 2. The van der Waals surface area contributed by atoms with Crippen molar-refractivity contribution in [1.82, 2.24) is 14.9 Å². The lowest BCUT2D eigenvalue weighted by molar-refractivity contribution is 0.0925. The van der Waals surface area contributed by atoms with Crippen LogP contribution in [0.3, 0.4) is 0 Å². The van der Waals surface area contributed by atoms with Crippen LogP contribution in [0.2, 0.25) is 5.02 Å². The maximum Gasteiger partial charge on any atom is 0.255 e. The molecule has 128 valence electrons. The number of imidazole rings is 1. The van der Waals surface area contributed by atoms with E-state index in [0.29, 0.717) is 35.4 Å². The summed E-state index contributed by atoms with van der Waals surface area (Å²) in [6, 6.07) is 4.89. The van der Waals surface area contributed by atoms with E-state index in [0.717, 1.165) is 18.7 Å². The third kappa shape index (κ3) is 3.71. The molecule has 1 aliphatic rings. The number of nitrogens with two attached hydrogens (primary N) is 1. The summed E-state index contributed by atoms with van der Waals surface area (Å²) in [5, 5.41) is 3.58. The largest absolute Gasteiger partial charge is 0.491 e. The van der Waals surface area contributed by atoms with Crippen LogP contribution in [0.25, 0.3) is 0 Å². The van der Waals surface area contributed by atoms with Crippen LogP contribution in [0, 0.1) is 5.92 Å². The molecule has 3 rings (SSSR count). The second-order valence-electron chi connectivity index (χ2n) is 5.96. The number of carbonyl (C=O) groups excluding carboxylic acids is 1. The molecule has 7 heteroatoms. The number of rotatable bonds is 7. The summed E-state index contributed by atoms with van der Waals surface area (Å²) in [7, 11) is 1.93. The molecule has 3 N–H and O–H groups in total. The lowest BCUT2D eigenvalue weighted by Crippen LogP contribution is -2.32. The van der Waals surface area contributed by atoms with Gasteiger partial charge in [0.15, 0.2) is 0 Å². The van der Waals surface area contributed by atoms with Gasteiger partial charge in [0, 0.05) is 31.0 Å². The molecule has 1 aromatic heterocycles. The predicted molar refractivity (Wildman–Crippen MR) is 92.1 cm³/mol. The number of aryl methyl sites for hydroxylation is 1. The summed E-state index contributed by atoms with van der Waals surface area (Å²) in [5.41, 5.74) is 5.89. The number of halogens is 1. The van der Waals surface area contributed by atoms with Crippen molar-refractivity contribution in [2.45, 2.75) is 18.9 Å². The number of nitrogens with one attached hydrogen (secondary N) is 1. The van der Waals surface area contributed by atoms with Gasteiger partial charge in [0.05, 0.1) is 11.6 Å². The molecule has 1 heterocycles. The molecule has 1 atom stereocenters. The Balaban J connectivity index is 1.83. The molecule has 0 spiro atoms. The van der Waals surface area contributed by atoms with Gasteiger partial charge >= 0.3 is 0 Å². The lowest BCUT2D eigenvalue weighted by Gasteiger charge is -2.19. The normalized spacial score (nSPS) is 15.1. The maximum absolute atomic E-state index is 12.8. The van der Waals surface area contributed by atoms with Crippen LogP contribution < -0.4 is 15.8 Å². The Kier molecular flexibility index (Phi) is 5.06. The number of carbonyl (C=O) groups is 1. The molecule has 0 radical (unpaired) electrons. The predicted octanol–water partition coefficient (Wildman–Crippen LogP) is 2.29. The Bertz CT molecular complexity index is 727. The number of aromatic nitrogens is 2. The molecule has 0 unspecified atom stereocenters. The van der Waals surface area contributed by atoms with Crippen LogP contribution in [0.4, 0.5) is 0 Å². The molecule has 6 nitrogen and oxygen atoms in total. The molecule has 2 aromatic rings. The van der Waals surface area contributed by atoms with Crippen molar-refractivity contribution in [3.05, 3.63) is 47.0 Å². The Labute approximate surface area is 146 Å². The van der Waals surface area contributed by atoms with E-state index in [-0.39, 0.29) is 11.9 Å². The minimum atomic E-state index is -0.218. The van der Waals surface area contributed by atoms with Crippen molar-refractivity contribution < 1.29 is 9.53 Å². The Morgan fingerprint density at radius 2 is 2.33 bits per heavy atom. The highest BCUT2D eigenvalue weighted by Gasteiger charge is 2.36. The number of hydrogen-bond donors (Lipinski definition) is 2. The van der Waals surface area contributed by atoms with Crippen LogP contribution in [0.5, 0.6) is 5.75 Å². The van der Waals surface area contributed by atoms with E-state index < -0.39 is 0 Å². The van der Waals surface area contributed by atoms with Gasteiger partial charge in [-0.25, -0.2) is 4.98 Å². The van der Waals surface area contributed by atoms with E-state index in [4.69, 9.17) is 22.1 Å². The van der Waals surface area contributed by atoms with E-state index in [2.05, 4.69) is 10.3 Å². The fraction of sp³-hybridized carbons (Fsp3) is 0.412. The first kappa shape index (κ1) is 16.8. The zero-order valence-electron chi connectivity index (χ0n) is 13.5. The standard InChI is InChI=1S/C17H21ClN4O2/c1-22-8-7-20-16(22)15(11-2-3-11)21-17(23)13-10-12(18)4-5-14(13)24-9-6-19/h4-5,7-8,10-11,15H,2-3,6,9,19H2,1H3,(H,21,23)/t15-/m1/s1. The number of hydrogen-bond acceptors (Lipinski definition) is 4. The van der Waals surface area contributed by atoms with Gasteiger partial charge in [-0.1, -0.05) is 11.6 Å². The summed E-state index contributed by atoms with van der Waals surface area (Å²) in [6.45, 7) is 0.717. The van der Waals surface area contributed by atoms with Gasteiger partial charge < -0.3 is 20.4 Å². The molecule has 0 saturated heterocycles. The third-order valence-electron chi connectivity index (χ3n) is 4.08. The smallest absolute Gasteiger partial charge is 0.255 e. The van der Waals surface area contributed by atoms with Gasteiger partial charge in [-0.15, -0.1) is 0 Å². The molecular formula is C17H21ClN4O2. The number of benzene rings is 1. The first-order valence-electron chi connectivity index (χ1n) is 8.00. The average Bonchev–Trinajstić information content (AvgIpc) is 3.33. The van der Waals surface area contributed by atoms with E-state index >= 15 is 0 Å². The Hall–Kier alpha value is -2.05. The monoisotopic (exact) mass is 348 g/mol. The highest BCUT2D eigenvalue weighted by Crippen LogP contribution is 2.40. The van der Waals surface area contributed by atoms with Crippen molar-refractivity contribution in [2.24, 2.45) is 18.7 Å². The zero-order chi connectivity index (χ0) is 17.1. The molecule has 1 amide bonds.